The number of piperazine rings is 1. The molecule has 1 heterocycles. The highest BCUT2D eigenvalue weighted by Gasteiger charge is 2.25. The van der Waals surface area contributed by atoms with E-state index in [1.807, 2.05) is 17.0 Å². The predicted molar refractivity (Wildman–Crippen MR) is 111 cm³/mol. The molecule has 1 fully saturated rings. The van der Waals surface area contributed by atoms with E-state index in [2.05, 4.69) is 4.90 Å². The van der Waals surface area contributed by atoms with Crippen LogP contribution in [0.2, 0.25) is 10.0 Å². The molecule has 1 amide bonds. The summed E-state index contributed by atoms with van der Waals surface area (Å²) in [6.45, 7) is 2.59. The lowest BCUT2D eigenvalue weighted by Crippen LogP contribution is -2.48. The monoisotopic (exact) mass is 424 g/mol. The molecule has 0 saturated carbocycles. The SMILES string of the molecule is COc1cc(C(=O)N2CCN(c3ccc(Cl)c(Cl)c3)CC2)cc(OC)c1OC. The number of carbonyl (C=O) groups is 1. The van der Waals surface area contributed by atoms with E-state index in [4.69, 9.17) is 37.4 Å². The Morgan fingerprint density at radius 2 is 1.46 bits per heavy atom. The lowest BCUT2D eigenvalue weighted by atomic mass is 10.1. The minimum absolute atomic E-state index is 0.0759. The summed E-state index contributed by atoms with van der Waals surface area (Å²) in [4.78, 5) is 17.0. The summed E-state index contributed by atoms with van der Waals surface area (Å²) in [5.41, 5.74) is 1.49. The van der Waals surface area contributed by atoms with Crippen LogP contribution >= 0.6 is 23.2 Å². The maximum atomic E-state index is 13.0. The third kappa shape index (κ3) is 4.08. The molecule has 28 heavy (non-hydrogen) atoms. The van der Waals surface area contributed by atoms with Crippen LogP contribution in [0, 0.1) is 0 Å². The Balaban J connectivity index is 1.74. The number of ether oxygens (including phenoxy) is 3. The summed E-state index contributed by atoms with van der Waals surface area (Å²) in [7, 11) is 4.59. The van der Waals surface area contributed by atoms with Gasteiger partial charge >= 0.3 is 0 Å². The molecule has 1 saturated heterocycles. The summed E-state index contributed by atoms with van der Waals surface area (Å²) >= 11 is 12.1. The van der Waals surface area contributed by atoms with E-state index in [1.165, 1.54) is 21.3 Å². The van der Waals surface area contributed by atoms with Crippen LogP contribution in [0.3, 0.4) is 0 Å². The van der Waals surface area contributed by atoms with Crippen molar-refractivity contribution in [1.29, 1.82) is 0 Å². The number of amides is 1. The predicted octanol–water partition coefficient (Wildman–Crippen LogP) is 3.98. The maximum Gasteiger partial charge on any atom is 0.254 e. The fraction of sp³-hybridized carbons (Fsp3) is 0.350. The molecule has 0 unspecified atom stereocenters. The molecule has 1 aliphatic rings. The van der Waals surface area contributed by atoms with Gasteiger partial charge in [-0.3, -0.25) is 4.79 Å². The fourth-order valence-electron chi connectivity index (χ4n) is 3.24. The molecule has 0 aromatic heterocycles. The first-order chi connectivity index (χ1) is 13.5. The van der Waals surface area contributed by atoms with E-state index in [9.17, 15) is 4.79 Å². The smallest absolute Gasteiger partial charge is 0.254 e. The number of rotatable bonds is 5. The van der Waals surface area contributed by atoms with Gasteiger partial charge in [0.1, 0.15) is 0 Å². The van der Waals surface area contributed by atoms with Crippen LogP contribution in [-0.2, 0) is 0 Å². The number of halogens is 2. The number of anilines is 1. The van der Waals surface area contributed by atoms with Crippen LogP contribution in [0.4, 0.5) is 5.69 Å². The highest BCUT2D eigenvalue weighted by molar-refractivity contribution is 6.42. The molecule has 3 rings (SSSR count). The van der Waals surface area contributed by atoms with E-state index >= 15 is 0 Å². The van der Waals surface area contributed by atoms with E-state index in [0.29, 0.717) is 59.0 Å². The first-order valence-corrected chi connectivity index (χ1v) is 9.53. The van der Waals surface area contributed by atoms with Gasteiger partial charge in [0, 0.05) is 37.4 Å². The van der Waals surface area contributed by atoms with Crippen LogP contribution in [-0.4, -0.2) is 58.3 Å². The lowest BCUT2D eigenvalue weighted by molar-refractivity contribution is 0.0746. The minimum Gasteiger partial charge on any atom is -0.493 e. The molecule has 150 valence electrons. The molecule has 0 atom stereocenters. The molecule has 0 aliphatic carbocycles. The number of nitrogens with zero attached hydrogens (tertiary/aromatic N) is 2. The highest BCUT2D eigenvalue weighted by atomic mass is 35.5. The Kier molecular flexibility index (Phi) is 6.42. The van der Waals surface area contributed by atoms with Gasteiger partial charge in [-0.1, -0.05) is 23.2 Å². The maximum absolute atomic E-state index is 13.0. The van der Waals surface area contributed by atoms with Gasteiger partial charge in [0.2, 0.25) is 5.75 Å². The van der Waals surface area contributed by atoms with Crippen molar-refractivity contribution in [3.05, 3.63) is 45.9 Å². The number of hydrogen-bond acceptors (Lipinski definition) is 5. The Morgan fingerprint density at radius 3 is 1.96 bits per heavy atom. The second-order valence-corrected chi connectivity index (χ2v) is 7.11. The molecule has 1 aliphatic heterocycles. The van der Waals surface area contributed by atoms with E-state index in [1.54, 1.807) is 18.2 Å². The zero-order chi connectivity index (χ0) is 20.3. The van der Waals surface area contributed by atoms with Gasteiger partial charge in [-0.15, -0.1) is 0 Å². The first kappa shape index (κ1) is 20.4. The number of methoxy groups -OCH3 is 3. The molecule has 2 aromatic rings. The quantitative estimate of drug-likeness (QED) is 0.726. The first-order valence-electron chi connectivity index (χ1n) is 8.77. The van der Waals surface area contributed by atoms with Gasteiger partial charge in [-0.05, 0) is 30.3 Å². The van der Waals surface area contributed by atoms with Gasteiger partial charge in [0.05, 0.1) is 31.4 Å². The largest absolute Gasteiger partial charge is 0.493 e. The van der Waals surface area contributed by atoms with Crippen molar-refractivity contribution in [1.82, 2.24) is 4.90 Å². The van der Waals surface area contributed by atoms with Crippen molar-refractivity contribution in [2.24, 2.45) is 0 Å². The van der Waals surface area contributed by atoms with Crippen LogP contribution in [0.15, 0.2) is 30.3 Å². The summed E-state index contributed by atoms with van der Waals surface area (Å²) in [5, 5.41) is 1.05. The molecule has 0 bridgehead atoms. The Hall–Kier alpha value is -2.31. The zero-order valence-corrected chi connectivity index (χ0v) is 17.5. The Labute approximate surface area is 174 Å². The van der Waals surface area contributed by atoms with Crippen molar-refractivity contribution in [2.45, 2.75) is 0 Å². The highest BCUT2D eigenvalue weighted by Crippen LogP contribution is 2.38. The van der Waals surface area contributed by atoms with Gasteiger partial charge in [0.25, 0.3) is 5.91 Å². The van der Waals surface area contributed by atoms with E-state index < -0.39 is 0 Å². The summed E-state index contributed by atoms with van der Waals surface area (Å²) in [6, 6.07) is 8.92. The molecular weight excluding hydrogens is 403 g/mol. The van der Waals surface area contributed by atoms with Gasteiger partial charge < -0.3 is 24.0 Å². The molecule has 2 aromatic carbocycles. The number of carbonyl (C=O) groups excluding carboxylic acids is 1. The van der Waals surface area contributed by atoms with E-state index in [0.717, 1.165) is 5.69 Å². The van der Waals surface area contributed by atoms with E-state index in [-0.39, 0.29) is 5.91 Å². The molecule has 6 nitrogen and oxygen atoms in total. The molecule has 0 radical (unpaired) electrons. The number of benzene rings is 2. The van der Waals surface area contributed by atoms with Gasteiger partial charge in [0.15, 0.2) is 11.5 Å². The average molecular weight is 425 g/mol. The standard InChI is InChI=1S/C20H22Cl2N2O4/c1-26-17-10-13(11-18(27-2)19(17)28-3)20(25)24-8-6-23(7-9-24)14-4-5-15(21)16(22)12-14/h4-5,10-12H,6-9H2,1-3H3. The van der Waals surface area contributed by atoms with Crippen LogP contribution in [0.25, 0.3) is 0 Å². The van der Waals surface area contributed by atoms with Crippen molar-refractivity contribution >= 4 is 34.8 Å². The van der Waals surface area contributed by atoms with Gasteiger partial charge in [-0.2, -0.15) is 0 Å². The zero-order valence-electron chi connectivity index (χ0n) is 16.0. The van der Waals surface area contributed by atoms with Crippen molar-refractivity contribution in [2.75, 3.05) is 52.4 Å². The Morgan fingerprint density at radius 1 is 0.857 bits per heavy atom. The van der Waals surface area contributed by atoms with Crippen molar-refractivity contribution in [3.8, 4) is 17.2 Å². The van der Waals surface area contributed by atoms with Crippen LogP contribution < -0.4 is 19.1 Å². The minimum atomic E-state index is -0.0759. The molecular formula is C20H22Cl2N2O4. The van der Waals surface area contributed by atoms with Gasteiger partial charge in [-0.25, -0.2) is 0 Å². The third-order valence-electron chi connectivity index (χ3n) is 4.75. The third-order valence-corrected chi connectivity index (χ3v) is 5.49. The van der Waals surface area contributed by atoms with Crippen molar-refractivity contribution < 1.29 is 19.0 Å². The molecule has 0 spiro atoms. The van der Waals surface area contributed by atoms with Crippen molar-refractivity contribution in [3.63, 3.8) is 0 Å². The summed E-state index contributed by atoms with van der Waals surface area (Å²) in [6.07, 6.45) is 0. The molecule has 8 heteroatoms. The summed E-state index contributed by atoms with van der Waals surface area (Å²) < 4.78 is 16.0. The topological polar surface area (TPSA) is 51.2 Å². The lowest BCUT2D eigenvalue weighted by Gasteiger charge is -2.36. The van der Waals surface area contributed by atoms with Crippen LogP contribution in [0.5, 0.6) is 17.2 Å². The van der Waals surface area contributed by atoms with Crippen LogP contribution in [0.1, 0.15) is 10.4 Å². The molecule has 0 N–H and O–H groups in total. The fourth-order valence-corrected chi connectivity index (χ4v) is 3.53. The number of hydrogen-bond donors (Lipinski definition) is 0. The average Bonchev–Trinajstić information content (AvgIpc) is 2.74. The normalized spacial score (nSPS) is 14.0. The second-order valence-electron chi connectivity index (χ2n) is 6.29. The second kappa shape index (κ2) is 8.80. The Bertz CT molecular complexity index is 842. The summed E-state index contributed by atoms with van der Waals surface area (Å²) in [5.74, 6) is 1.30.